The zero-order chi connectivity index (χ0) is 6.85. The van der Waals surface area contributed by atoms with Crippen molar-refractivity contribution in [3.05, 3.63) is 0 Å². The average molecular weight is 152 g/mol. The second kappa shape index (κ2) is 2.86. The number of aliphatic hydroxyl groups is 2. The van der Waals surface area contributed by atoms with E-state index < -0.39 is 16.9 Å². The van der Waals surface area contributed by atoms with Gasteiger partial charge in [-0.2, -0.15) is 0 Å². The van der Waals surface area contributed by atoms with Crippen LogP contribution in [-0.4, -0.2) is 33.7 Å². The molecule has 0 aromatic rings. The summed E-state index contributed by atoms with van der Waals surface area (Å²) < 4.78 is 12.5. The minimum absolute atomic E-state index is 0.163. The van der Waals surface area contributed by atoms with E-state index in [0.717, 1.165) is 11.8 Å². The van der Waals surface area contributed by atoms with Gasteiger partial charge in [-0.25, -0.2) is 4.39 Å². The topological polar surface area (TPSA) is 40.5 Å². The number of thioether (sulfide) groups is 1. The molecule has 3 atom stereocenters. The van der Waals surface area contributed by atoms with Gasteiger partial charge in [-0.15, -0.1) is 11.8 Å². The highest BCUT2D eigenvalue weighted by atomic mass is 32.2. The first-order valence-corrected chi connectivity index (χ1v) is 3.76. The lowest BCUT2D eigenvalue weighted by molar-refractivity contribution is 0.192. The Balaban J connectivity index is 2.38. The molecule has 0 bridgehead atoms. The summed E-state index contributed by atoms with van der Waals surface area (Å²) in [5.41, 5.74) is -0.614. The standard InChI is InChI=1S/C5H9FO2S/c6-3-1-5(8)9-4(3)2-7/h3-5,7-8H,1-2H2/t3-,4+,5?/m0/s1. The third-order valence-electron chi connectivity index (χ3n) is 1.34. The van der Waals surface area contributed by atoms with Crippen LogP contribution in [0.4, 0.5) is 4.39 Å². The van der Waals surface area contributed by atoms with Crippen molar-refractivity contribution >= 4 is 11.8 Å². The fourth-order valence-electron chi connectivity index (χ4n) is 0.844. The van der Waals surface area contributed by atoms with E-state index >= 15 is 0 Å². The largest absolute Gasteiger partial charge is 0.395 e. The number of rotatable bonds is 1. The number of alkyl halides is 1. The van der Waals surface area contributed by atoms with Crippen LogP contribution in [0.3, 0.4) is 0 Å². The van der Waals surface area contributed by atoms with Crippen LogP contribution in [0.1, 0.15) is 6.42 Å². The second-order valence-electron chi connectivity index (χ2n) is 2.06. The first-order chi connectivity index (χ1) is 4.24. The molecule has 2 nitrogen and oxygen atoms in total. The molecule has 1 aliphatic rings. The lowest BCUT2D eigenvalue weighted by Gasteiger charge is -2.04. The van der Waals surface area contributed by atoms with Crippen LogP contribution >= 0.6 is 11.8 Å². The predicted octanol–water partition coefficient (Wildman–Crippen LogP) is 0.141. The first-order valence-electron chi connectivity index (χ1n) is 2.82. The number of hydrogen-bond acceptors (Lipinski definition) is 3. The van der Waals surface area contributed by atoms with Gasteiger partial charge < -0.3 is 10.2 Å². The van der Waals surface area contributed by atoms with Gasteiger partial charge in [-0.3, -0.25) is 0 Å². The Morgan fingerprint density at radius 3 is 2.56 bits per heavy atom. The van der Waals surface area contributed by atoms with Gasteiger partial charge in [-0.05, 0) is 0 Å². The van der Waals surface area contributed by atoms with Crippen molar-refractivity contribution in [2.75, 3.05) is 6.61 Å². The fraction of sp³-hybridized carbons (Fsp3) is 1.00. The summed E-state index contributed by atoms with van der Waals surface area (Å²) in [6.07, 6.45) is -0.870. The molecule has 1 fully saturated rings. The van der Waals surface area contributed by atoms with E-state index in [2.05, 4.69) is 0 Å². The maximum absolute atomic E-state index is 12.5. The molecule has 0 radical (unpaired) electrons. The maximum atomic E-state index is 12.5. The monoisotopic (exact) mass is 152 g/mol. The highest BCUT2D eigenvalue weighted by molar-refractivity contribution is 8.00. The fourth-order valence-corrected chi connectivity index (χ4v) is 1.91. The van der Waals surface area contributed by atoms with Crippen molar-refractivity contribution in [2.45, 2.75) is 23.3 Å². The Morgan fingerprint density at radius 2 is 2.33 bits per heavy atom. The molecule has 1 heterocycles. The van der Waals surface area contributed by atoms with Crippen molar-refractivity contribution in [3.63, 3.8) is 0 Å². The summed E-state index contributed by atoms with van der Waals surface area (Å²) >= 11 is 1.10. The molecular weight excluding hydrogens is 143 g/mol. The Bertz CT molecular complexity index is 101. The van der Waals surface area contributed by atoms with Crippen molar-refractivity contribution in [2.24, 2.45) is 0 Å². The molecule has 0 amide bonds. The predicted molar refractivity (Wildman–Crippen MR) is 34.0 cm³/mol. The SMILES string of the molecule is OC[C@H]1SC(O)C[C@@H]1F. The first kappa shape index (κ1) is 7.31. The van der Waals surface area contributed by atoms with Crippen LogP contribution in [-0.2, 0) is 0 Å². The molecule has 1 aliphatic heterocycles. The van der Waals surface area contributed by atoms with Crippen molar-refractivity contribution in [1.82, 2.24) is 0 Å². The van der Waals surface area contributed by atoms with E-state index in [1.807, 2.05) is 0 Å². The molecule has 0 saturated carbocycles. The minimum atomic E-state index is -1.03. The van der Waals surface area contributed by atoms with E-state index in [4.69, 9.17) is 10.2 Å². The number of halogens is 1. The molecule has 0 spiro atoms. The summed E-state index contributed by atoms with van der Waals surface area (Å²) in [5.74, 6) is 0. The van der Waals surface area contributed by atoms with Crippen molar-refractivity contribution < 1.29 is 14.6 Å². The summed E-state index contributed by atoms with van der Waals surface area (Å²) in [5, 5.41) is 16.9. The lowest BCUT2D eigenvalue weighted by Crippen LogP contribution is -2.15. The highest BCUT2D eigenvalue weighted by Gasteiger charge is 2.33. The summed E-state index contributed by atoms with van der Waals surface area (Å²) in [7, 11) is 0. The normalized spacial score (nSPS) is 43.7. The van der Waals surface area contributed by atoms with Crippen molar-refractivity contribution in [3.8, 4) is 0 Å². The van der Waals surface area contributed by atoms with Crippen LogP contribution in [0.15, 0.2) is 0 Å². The molecule has 0 aliphatic carbocycles. The van der Waals surface area contributed by atoms with Gasteiger partial charge in [0.15, 0.2) is 0 Å². The molecule has 4 heteroatoms. The zero-order valence-corrected chi connectivity index (χ0v) is 5.64. The Hall–Kier alpha value is 0.200. The molecule has 54 valence electrons. The Kier molecular flexibility index (Phi) is 2.32. The smallest absolute Gasteiger partial charge is 0.118 e. The van der Waals surface area contributed by atoms with Crippen LogP contribution in [0.5, 0.6) is 0 Å². The molecule has 1 saturated heterocycles. The molecule has 1 rings (SSSR count). The van der Waals surface area contributed by atoms with E-state index in [9.17, 15) is 4.39 Å². The summed E-state index contributed by atoms with van der Waals surface area (Å²) in [6.45, 7) is -0.178. The quantitative estimate of drug-likeness (QED) is 0.561. The van der Waals surface area contributed by atoms with Crippen LogP contribution < -0.4 is 0 Å². The van der Waals surface area contributed by atoms with Gasteiger partial charge in [0.2, 0.25) is 0 Å². The minimum Gasteiger partial charge on any atom is -0.395 e. The Labute approximate surface area is 57.1 Å². The molecular formula is C5H9FO2S. The van der Waals surface area contributed by atoms with Gasteiger partial charge in [0, 0.05) is 6.42 Å². The lowest BCUT2D eigenvalue weighted by atomic mass is 10.2. The summed E-state index contributed by atoms with van der Waals surface area (Å²) in [4.78, 5) is 0. The van der Waals surface area contributed by atoms with Crippen molar-refractivity contribution in [1.29, 1.82) is 0 Å². The van der Waals surface area contributed by atoms with E-state index in [-0.39, 0.29) is 13.0 Å². The number of aliphatic hydroxyl groups excluding tert-OH is 2. The second-order valence-corrected chi connectivity index (χ2v) is 3.49. The van der Waals surface area contributed by atoms with Gasteiger partial charge in [0.25, 0.3) is 0 Å². The van der Waals surface area contributed by atoms with Gasteiger partial charge in [0.05, 0.1) is 11.9 Å². The molecule has 0 aromatic carbocycles. The molecule has 9 heavy (non-hydrogen) atoms. The van der Waals surface area contributed by atoms with E-state index in [1.165, 1.54) is 0 Å². The molecule has 2 N–H and O–H groups in total. The van der Waals surface area contributed by atoms with Crippen LogP contribution in [0, 0.1) is 0 Å². The summed E-state index contributed by atoms with van der Waals surface area (Å²) in [6, 6.07) is 0. The molecule has 1 unspecified atom stereocenters. The van der Waals surface area contributed by atoms with Gasteiger partial charge in [0.1, 0.15) is 11.6 Å². The molecule has 0 aromatic heterocycles. The van der Waals surface area contributed by atoms with Crippen LogP contribution in [0.25, 0.3) is 0 Å². The number of hydrogen-bond donors (Lipinski definition) is 2. The van der Waals surface area contributed by atoms with Gasteiger partial charge >= 0.3 is 0 Å². The van der Waals surface area contributed by atoms with Gasteiger partial charge in [-0.1, -0.05) is 0 Å². The van der Waals surface area contributed by atoms with E-state index in [0.29, 0.717) is 0 Å². The zero-order valence-electron chi connectivity index (χ0n) is 4.83. The third-order valence-corrected chi connectivity index (χ3v) is 2.64. The third kappa shape index (κ3) is 1.56. The average Bonchev–Trinajstić information content (AvgIpc) is 2.10. The Morgan fingerprint density at radius 1 is 1.67 bits per heavy atom. The maximum Gasteiger partial charge on any atom is 0.118 e. The highest BCUT2D eigenvalue weighted by Crippen LogP contribution is 2.33. The van der Waals surface area contributed by atoms with Crippen LogP contribution in [0.2, 0.25) is 0 Å². The van der Waals surface area contributed by atoms with E-state index in [1.54, 1.807) is 0 Å².